The van der Waals surface area contributed by atoms with E-state index in [-0.39, 0.29) is 12.3 Å². The Kier molecular flexibility index (Phi) is 7.00. The van der Waals surface area contributed by atoms with Crippen LogP contribution in [0.25, 0.3) is 11.3 Å². The Morgan fingerprint density at radius 2 is 1.76 bits per heavy atom. The zero-order chi connectivity index (χ0) is 23.9. The van der Waals surface area contributed by atoms with Gasteiger partial charge in [0.05, 0.1) is 22.3 Å². The van der Waals surface area contributed by atoms with Crippen LogP contribution in [0.2, 0.25) is 5.02 Å². The molecule has 4 rings (SSSR count). The molecule has 0 aliphatic rings. The highest BCUT2D eigenvalue weighted by Crippen LogP contribution is 2.30. The van der Waals surface area contributed by atoms with Gasteiger partial charge in [-0.2, -0.15) is 5.10 Å². The van der Waals surface area contributed by atoms with E-state index in [9.17, 15) is 14.9 Å². The number of nitro benzene ring substituents is 1. The predicted octanol–water partition coefficient (Wildman–Crippen LogP) is 5.85. The summed E-state index contributed by atoms with van der Waals surface area (Å²) in [4.78, 5) is 23.4. The summed E-state index contributed by atoms with van der Waals surface area (Å²) in [5, 5.41) is 15.7. The molecule has 170 valence electrons. The standard InChI is InChI=1S/C25H18ClN3O5/c26-21-10-4-1-7-17(21)16-33-23-12-6-3-9-20(23)25(30)28-27-15-18-13-14-24(34-18)19-8-2-5-11-22(19)29(31)32/h1-15H,16H2,(H,28,30)/b27-15+. The van der Waals surface area contributed by atoms with Crippen molar-refractivity contribution in [2.45, 2.75) is 6.61 Å². The van der Waals surface area contributed by atoms with Crippen LogP contribution in [-0.2, 0) is 6.61 Å². The fourth-order valence-corrected chi connectivity index (χ4v) is 3.36. The number of hydrogen-bond donors (Lipinski definition) is 1. The monoisotopic (exact) mass is 475 g/mol. The summed E-state index contributed by atoms with van der Waals surface area (Å²) in [6, 6.07) is 23.5. The first-order valence-electron chi connectivity index (χ1n) is 10.1. The van der Waals surface area contributed by atoms with Gasteiger partial charge in [-0.1, -0.05) is 54.1 Å². The molecule has 1 N–H and O–H groups in total. The average Bonchev–Trinajstić information content (AvgIpc) is 3.32. The largest absolute Gasteiger partial charge is 0.488 e. The van der Waals surface area contributed by atoms with Crippen LogP contribution in [0, 0.1) is 10.1 Å². The smallest absolute Gasteiger partial charge is 0.280 e. The predicted molar refractivity (Wildman–Crippen MR) is 128 cm³/mol. The zero-order valence-corrected chi connectivity index (χ0v) is 18.4. The number of halogens is 1. The van der Waals surface area contributed by atoms with Crippen molar-refractivity contribution in [1.29, 1.82) is 0 Å². The van der Waals surface area contributed by atoms with Gasteiger partial charge < -0.3 is 9.15 Å². The molecule has 1 heterocycles. The average molecular weight is 476 g/mol. The minimum Gasteiger partial charge on any atom is -0.488 e. The van der Waals surface area contributed by atoms with Crippen molar-refractivity contribution < 1.29 is 18.9 Å². The number of hydrazone groups is 1. The van der Waals surface area contributed by atoms with Gasteiger partial charge in [0.25, 0.3) is 11.6 Å². The molecule has 1 amide bonds. The van der Waals surface area contributed by atoms with Crippen LogP contribution >= 0.6 is 11.6 Å². The molecule has 8 nitrogen and oxygen atoms in total. The first-order chi connectivity index (χ1) is 16.5. The van der Waals surface area contributed by atoms with Gasteiger partial charge in [-0.3, -0.25) is 14.9 Å². The van der Waals surface area contributed by atoms with Gasteiger partial charge in [0.2, 0.25) is 0 Å². The van der Waals surface area contributed by atoms with Crippen molar-refractivity contribution in [2.75, 3.05) is 0 Å². The molecule has 0 bridgehead atoms. The number of amides is 1. The number of furan rings is 1. The molecule has 34 heavy (non-hydrogen) atoms. The molecule has 4 aromatic rings. The van der Waals surface area contributed by atoms with Crippen molar-refractivity contribution in [3.05, 3.63) is 117 Å². The van der Waals surface area contributed by atoms with Crippen LogP contribution in [0.3, 0.4) is 0 Å². The number of carbonyl (C=O) groups excluding carboxylic acids is 1. The molecule has 0 fully saturated rings. The van der Waals surface area contributed by atoms with Gasteiger partial charge in [-0.25, -0.2) is 5.43 Å². The van der Waals surface area contributed by atoms with Crippen LogP contribution in [0.15, 0.2) is 94.4 Å². The highest BCUT2D eigenvalue weighted by Gasteiger charge is 2.17. The topological polar surface area (TPSA) is 107 Å². The van der Waals surface area contributed by atoms with Crippen LogP contribution in [0.1, 0.15) is 21.7 Å². The van der Waals surface area contributed by atoms with Crippen molar-refractivity contribution in [1.82, 2.24) is 5.43 Å². The van der Waals surface area contributed by atoms with E-state index < -0.39 is 10.8 Å². The van der Waals surface area contributed by atoms with E-state index >= 15 is 0 Å². The van der Waals surface area contributed by atoms with Gasteiger partial charge in [0.1, 0.15) is 23.9 Å². The molecule has 9 heteroatoms. The summed E-state index contributed by atoms with van der Waals surface area (Å²) in [6.45, 7) is 0.202. The fraction of sp³-hybridized carbons (Fsp3) is 0.0400. The number of nitrogens with one attached hydrogen (secondary N) is 1. The number of rotatable bonds is 8. The maximum Gasteiger partial charge on any atom is 0.280 e. The molecular weight excluding hydrogens is 458 g/mol. The highest BCUT2D eigenvalue weighted by atomic mass is 35.5. The molecule has 0 saturated carbocycles. The summed E-state index contributed by atoms with van der Waals surface area (Å²) in [5.41, 5.74) is 3.81. The Morgan fingerprint density at radius 1 is 1.03 bits per heavy atom. The molecule has 0 aliphatic heterocycles. The summed E-state index contributed by atoms with van der Waals surface area (Å²) >= 11 is 6.16. The lowest BCUT2D eigenvalue weighted by Crippen LogP contribution is -2.18. The van der Waals surface area contributed by atoms with E-state index in [1.807, 2.05) is 18.2 Å². The summed E-state index contributed by atoms with van der Waals surface area (Å²) in [5.74, 6) is 0.540. The van der Waals surface area contributed by atoms with Gasteiger partial charge in [0, 0.05) is 16.7 Å². The van der Waals surface area contributed by atoms with Crippen molar-refractivity contribution in [2.24, 2.45) is 5.10 Å². The van der Waals surface area contributed by atoms with E-state index in [1.54, 1.807) is 60.7 Å². The molecule has 0 atom stereocenters. The van der Waals surface area contributed by atoms with Crippen LogP contribution in [-0.4, -0.2) is 17.0 Å². The lowest BCUT2D eigenvalue weighted by atomic mass is 10.1. The first-order valence-corrected chi connectivity index (χ1v) is 10.5. The molecule has 1 aromatic heterocycles. The fourth-order valence-electron chi connectivity index (χ4n) is 3.17. The third kappa shape index (κ3) is 5.31. The molecule has 0 aliphatic carbocycles. The Morgan fingerprint density at radius 3 is 2.59 bits per heavy atom. The quantitative estimate of drug-likeness (QED) is 0.195. The molecule has 0 saturated heterocycles. The number of nitrogens with zero attached hydrogens (tertiary/aromatic N) is 2. The van der Waals surface area contributed by atoms with E-state index in [0.717, 1.165) is 5.56 Å². The normalized spacial score (nSPS) is 10.9. The number of carbonyl (C=O) groups is 1. The molecule has 0 spiro atoms. The summed E-state index contributed by atoms with van der Waals surface area (Å²) < 4.78 is 11.4. The van der Waals surface area contributed by atoms with Crippen molar-refractivity contribution >= 4 is 29.4 Å². The van der Waals surface area contributed by atoms with E-state index in [2.05, 4.69) is 10.5 Å². The lowest BCUT2D eigenvalue weighted by molar-refractivity contribution is -0.384. The molecular formula is C25H18ClN3O5. The number of para-hydroxylation sites is 2. The summed E-state index contributed by atoms with van der Waals surface area (Å²) in [6.07, 6.45) is 1.31. The minimum atomic E-state index is -0.475. The lowest BCUT2D eigenvalue weighted by Gasteiger charge is -2.11. The maximum absolute atomic E-state index is 12.6. The minimum absolute atomic E-state index is 0.0676. The Balaban J connectivity index is 1.43. The van der Waals surface area contributed by atoms with Crippen LogP contribution in [0.5, 0.6) is 5.75 Å². The second-order valence-corrected chi connectivity index (χ2v) is 7.46. The zero-order valence-electron chi connectivity index (χ0n) is 17.7. The SMILES string of the molecule is O=C(N/N=C/c1ccc(-c2ccccc2[N+](=O)[O-])o1)c1ccccc1OCc1ccccc1Cl. The number of hydrogen-bond acceptors (Lipinski definition) is 6. The van der Waals surface area contributed by atoms with Crippen molar-refractivity contribution in [3.8, 4) is 17.1 Å². The Labute approximate surface area is 199 Å². The number of ether oxygens (including phenoxy) is 1. The third-order valence-corrected chi connectivity index (χ3v) is 5.19. The number of benzene rings is 3. The maximum atomic E-state index is 12.6. The third-order valence-electron chi connectivity index (χ3n) is 4.82. The van der Waals surface area contributed by atoms with E-state index in [4.69, 9.17) is 20.8 Å². The first kappa shape index (κ1) is 22.8. The van der Waals surface area contributed by atoms with Crippen molar-refractivity contribution in [3.63, 3.8) is 0 Å². The van der Waals surface area contributed by atoms with Gasteiger partial charge in [0.15, 0.2) is 0 Å². The molecule has 3 aromatic carbocycles. The second kappa shape index (κ2) is 10.5. The van der Waals surface area contributed by atoms with Gasteiger partial charge in [-0.15, -0.1) is 0 Å². The Bertz CT molecular complexity index is 1370. The van der Waals surface area contributed by atoms with Crippen LogP contribution in [0.4, 0.5) is 5.69 Å². The van der Waals surface area contributed by atoms with Gasteiger partial charge >= 0.3 is 0 Å². The summed E-state index contributed by atoms with van der Waals surface area (Å²) in [7, 11) is 0. The van der Waals surface area contributed by atoms with Crippen LogP contribution < -0.4 is 10.2 Å². The number of nitro groups is 1. The van der Waals surface area contributed by atoms with E-state index in [1.165, 1.54) is 12.3 Å². The molecule has 0 radical (unpaired) electrons. The second-order valence-electron chi connectivity index (χ2n) is 7.05. The molecule has 0 unspecified atom stereocenters. The van der Waals surface area contributed by atoms with Gasteiger partial charge in [-0.05, 0) is 36.4 Å². The Hall–Kier alpha value is -4.43. The van der Waals surface area contributed by atoms with E-state index in [0.29, 0.717) is 33.4 Å². The highest BCUT2D eigenvalue weighted by molar-refractivity contribution is 6.31.